The quantitative estimate of drug-likeness (QED) is 0.898. The standard InChI is InChI=1S/C17H17ClO2/c1-12-5-7-13(8-6-12)9-15(17(19)20)10-14-3-2-4-16(18)11-14/h2-8,11,15H,9-10H2,1H3,(H,19,20). The molecule has 0 aliphatic heterocycles. The van der Waals surface area contributed by atoms with Crippen LogP contribution in [0.15, 0.2) is 48.5 Å². The Labute approximate surface area is 124 Å². The number of halogens is 1. The summed E-state index contributed by atoms with van der Waals surface area (Å²) in [5, 5.41) is 10.0. The first-order chi connectivity index (χ1) is 9.54. The van der Waals surface area contributed by atoms with Gasteiger partial charge in [0, 0.05) is 5.02 Å². The Morgan fingerprint density at radius 3 is 2.35 bits per heavy atom. The molecule has 3 heteroatoms. The maximum absolute atomic E-state index is 11.4. The summed E-state index contributed by atoms with van der Waals surface area (Å²) in [4.78, 5) is 11.4. The van der Waals surface area contributed by atoms with Gasteiger partial charge in [-0.2, -0.15) is 0 Å². The number of carboxylic acid groups (broad SMARTS) is 1. The van der Waals surface area contributed by atoms with E-state index in [1.165, 1.54) is 5.56 Å². The summed E-state index contributed by atoms with van der Waals surface area (Å²) in [6.45, 7) is 2.02. The van der Waals surface area contributed by atoms with E-state index in [1.807, 2.05) is 49.4 Å². The average Bonchev–Trinajstić information content (AvgIpc) is 2.40. The van der Waals surface area contributed by atoms with Crippen molar-refractivity contribution in [1.82, 2.24) is 0 Å². The summed E-state index contributed by atoms with van der Waals surface area (Å²) < 4.78 is 0. The number of aliphatic carboxylic acids is 1. The molecule has 0 amide bonds. The molecule has 0 aromatic heterocycles. The second kappa shape index (κ2) is 6.58. The number of benzene rings is 2. The van der Waals surface area contributed by atoms with Crippen LogP contribution in [0.3, 0.4) is 0 Å². The van der Waals surface area contributed by atoms with Crippen molar-refractivity contribution in [2.75, 3.05) is 0 Å². The zero-order chi connectivity index (χ0) is 14.5. The fourth-order valence-electron chi connectivity index (χ4n) is 2.20. The minimum Gasteiger partial charge on any atom is -0.481 e. The summed E-state index contributed by atoms with van der Waals surface area (Å²) in [5.74, 6) is -1.21. The molecule has 0 aliphatic carbocycles. The van der Waals surface area contributed by atoms with E-state index in [-0.39, 0.29) is 0 Å². The number of hydrogen-bond donors (Lipinski definition) is 1. The normalized spacial score (nSPS) is 12.1. The smallest absolute Gasteiger partial charge is 0.307 e. The predicted octanol–water partition coefficient (Wildman–Crippen LogP) is 4.13. The number of carbonyl (C=O) groups is 1. The van der Waals surface area contributed by atoms with Crippen LogP contribution in [0.1, 0.15) is 16.7 Å². The van der Waals surface area contributed by atoms with Crippen molar-refractivity contribution in [3.05, 3.63) is 70.2 Å². The molecule has 1 unspecified atom stereocenters. The molecule has 2 nitrogen and oxygen atoms in total. The Morgan fingerprint density at radius 1 is 1.10 bits per heavy atom. The van der Waals surface area contributed by atoms with Gasteiger partial charge in [0.2, 0.25) is 0 Å². The van der Waals surface area contributed by atoms with Crippen LogP contribution in [-0.4, -0.2) is 11.1 Å². The Morgan fingerprint density at radius 2 is 1.75 bits per heavy atom. The largest absolute Gasteiger partial charge is 0.481 e. The first-order valence-corrected chi connectivity index (χ1v) is 6.95. The highest BCUT2D eigenvalue weighted by molar-refractivity contribution is 6.30. The van der Waals surface area contributed by atoms with Gasteiger partial charge in [-0.1, -0.05) is 53.6 Å². The van der Waals surface area contributed by atoms with Crippen molar-refractivity contribution in [1.29, 1.82) is 0 Å². The monoisotopic (exact) mass is 288 g/mol. The minimum absolute atomic E-state index is 0.434. The van der Waals surface area contributed by atoms with Gasteiger partial charge in [-0.15, -0.1) is 0 Å². The highest BCUT2D eigenvalue weighted by Crippen LogP contribution is 2.18. The molecule has 20 heavy (non-hydrogen) atoms. The second-order valence-electron chi connectivity index (χ2n) is 5.06. The third kappa shape index (κ3) is 4.10. The number of rotatable bonds is 5. The molecular weight excluding hydrogens is 272 g/mol. The lowest BCUT2D eigenvalue weighted by Gasteiger charge is -2.13. The zero-order valence-corrected chi connectivity index (χ0v) is 12.1. The molecular formula is C17H17ClO2. The van der Waals surface area contributed by atoms with Crippen LogP contribution in [0, 0.1) is 12.8 Å². The second-order valence-corrected chi connectivity index (χ2v) is 5.50. The van der Waals surface area contributed by atoms with Crippen molar-refractivity contribution >= 4 is 17.6 Å². The SMILES string of the molecule is Cc1ccc(CC(Cc2cccc(Cl)c2)C(=O)O)cc1. The maximum Gasteiger partial charge on any atom is 0.307 e. The Bertz CT molecular complexity index is 590. The maximum atomic E-state index is 11.4. The van der Waals surface area contributed by atoms with Crippen molar-refractivity contribution in [3.8, 4) is 0 Å². The lowest BCUT2D eigenvalue weighted by molar-refractivity contribution is -0.141. The van der Waals surface area contributed by atoms with E-state index in [0.717, 1.165) is 11.1 Å². The van der Waals surface area contributed by atoms with Gasteiger partial charge < -0.3 is 5.11 Å². The molecule has 0 heterocycles. The predicted molar refractivity (Wildman–Crippen MR) is 81.2 cm³/mol. The molecule has 0 saturated carbocycles. The molecule has 0 aliphatic rings. The van der Waals surface area contributed by atoms with Crippen LogP contribution in [0.25, 0.3) is 0 Å². The van der Waals surface area contributed by atoms with Crippen LogP contribution in [0.2, 0.25) is 5.02 Å². The fourth-order valence-corrected chi connectivity index (χ4v) is 2.42. The summed E-state index contributed by atoms with van der Waals surface area (Å²) in [7, 11) is 0. The van der Waals surface area contributed by atoms with Gasteiger partial charge in [0.25, 0.3) is 0 Å². The van der Waals surface area contributed by atoms with E-state index in [4.69, 9.17) is 11.6 Å². The summed E-state index contributed by atoms with van der Waals surface area (Å²) in [6.07, 6.45) is 1.02. The van der Waals surface area contributed by atoms with Gasteiger partial charge in [-0.05, 0) is 43.0 Å². The van der Waals surface area contributed by atoms with E-state index in [2.05, 4.69) is 0 Å². The topological polar surface area (TPSA) is 37.3 Å². The molecule has 0 fully saturated rings. The van der Waals surface area contributed by atoms with Crippen molar-refractivity contribution in [2.24, 2.45) is 5.92 Å². The van der Waals surface area contributed by atoms with E-state index in [9.17, 15) is 9.90 Å². The fraction of sp³-hybridized carbons (Fsp3) is 0.235. The number of carboxylic acids is 1. The van der Waals surface area contributed by atoms with Gasteiger partial charge in [0.15, 0.2) is 0 Å². The summed E-state index contributed by atoms with van der Waals surface area (Å²) >= 11 is 5.94. The van der Waals surface area contributed by atoms with Gasteiger partial charge >= 0.3 is 5.97 Å². The highest BCUT2D eigenvalue weighted by atomic mass is 35.5. The zero-order valence-electron chi connectivity index (χ0n) is 11.3. The molecule has 2 aromatic carbocycles. The van der Waals surface area contributed by atoms with Crippen molar-refractivity contribution < 1.29 is 9.90 Å². The van der Waals surface area contributed by atoms with Gasteiger partial charge in [0.05, 0.1) is 5.92 Å². The number of hydrogen-bond acceptors (Lipinski definition) is 1. The van der Waals surface area contributed by atoms with E-state index in [0.29, 0.717) is 17.9 Å². The van der Waals surface area contributed by atoms with Gasteiger partial charge in [0.1, 0.15) is 0 Å². The first kappa shape index (κ1) is 14.6. The van der Waals surface area contributed by atoms with Crippen LogP contribution in [0.5, 0.6) is 0 Å². The number of aryl methyl sites for hydroxylation is 1. The van der Waals surface area contributed by atoms with Crippen LogP contribution < -0.4 is 0 Å². The molecule has 0 saturated heterocycles. The molecule has 0 radical (unpaired) electrons. The molecule has 1 N–H and O–H groups in total. The van der Waals surface area contributed by atoms with Gasteiger partial charge in [-0.3, -0.25) is 4.79 Å². The average molecular weight is 289 g/mol. The molecule has 2 aromatic rings. The first-order valence-electron chi connectivity index (χ1n) is 6.57. The lowest BCUT2D eigenvalue weighted by Crippen LogP contribution is -2.19. The van der Waals surface area contributed by atoms with Gasteiger partial charge in [-0.25, -0.2) is 0 Å². The Kier molecular flexibility index (Phi) is 4.80. The van der Waals surface area contributed by atoms with Crippen LogP contribution in [0.4, 0.5) is 0 Å². The summed E-state index contributed by atoms with van der Waals surface area (Å²) in [5.41, 5.74) is 3.18. The molecule has 1 atom stereocenters. The molecule has 0 bridgehead atoms. The molecule has 104 valence electrons. The third-order valence-electron chi connectivity index (χ3n) is 3.32. The third-order valence-corrected chi connectivity index (χ3v) is 3.56. The molecule has 2 rings (SSSR count). The Hall–Kier alpha value is -1.80. The minimum atomic E-state index is -0.773. The van der Waals surface area contributed by atoms with Crippen LogP contribution in [-0.2, 0) is 17.6 Å². The summed E-state index contributed by atoms with van der Waals surface area (Å²) in [6, 6.07) is 15.4. The van der Waals surface area contributed by atoms with E-state index < -0.39 is 11.9 Å². The molecule has 0 spiro atoms. The Balaban J connectivity index is 2.11. The van der Waals surface area contributed by atoms with Crippen LogP contribution >= 0.6 is 11.6 Å². The van der Waals surface area contributed by atoms with Crippen molar-refractivity contribution in [2.45, 2.75) is 19.8 Å². The lowest BCUT2D eigenvalue weighted by atomic mass is 9.92. The van der Waals surface area contributed by atoms with E-state index >= 15 is 0 Å². The van der Waals surface area contributed by atoms with E-state index in [1.54, 1.807) is 6.07 Å². The highest BCUT2D eigenvalue weighted by Gasteiger charge is 2.18. The van der Waals surface area contributed by atoms with Crippen molar-refractivity contribution in [3.63, 3.8) is 0 Å².